The molecule has 0 aliphatic carbocycles. The minimum absolute atomic E-state index is 0.00263. The summed E-state index contributed by atoms with van der Waals surface area (Å²) in [6.07, 6.45) is 9.84. The third-order valence-corrected chi connectivity index (χ3v) is 27.6. The molecule has 17 aromatic rings. The number of methoxy groups -OCH3 is 2. The molecule has 5 unspecified atom stereocenters. The number of carbonyl (C=O) groups is 2. The molecule has 132 heavy (non-hydrogen) atoms. The van der Waals surface area contributed by atoms with Gasteiger partial charge in [-0.25, -0.2) is 4.39 Å². The van der Waals surface area contributed by atoms with E-state index in [2.05, 4.69) is 224 Å². The van der Waals surface area contributed by atoms with E-state index < -0.39 is 0 Å². The molecular formula is C106H98Br2Cl5FN10O8. The Labute approximate surface area is 806 Å². The van der Waals surface area contributed by atoms with Crippen LogP contribution in [0.2, 0.25) is 25.1 Å². The molecule has 5 atom stereocenters. The quantitative estimate of drug-likeness (QED) is 0.0421. The lowest BCUT2D eigenvalue weighted by Gasteiger charge is -2.36. The van der Waals surface area contributed by atoms with Crippen LogP contribution in [0.1, 0.15) is 131 Å². The lowest BCUT2D eigenvalue weighted by Crippen LogP contribution is -2.42. The summed E-state index contributed by atoms with van der Waals surface area (Å²) >= 11 is 38.3. The number of furan rings is 2. The first-order valence-corrected chi connectivity index (χ1v) is 47.7. The van der Waals surface area contributed by atoms with E-state index in [4.69, 9.17) is 85.8 Å². The summed E-state index contributed by atoms with van der Waals surface area (Å²) in [5.74, 6) is 0.710. The molecule has 0 radical (unpaired) electrons. The van der Waals surface area contributed by atoms with Crippen molar-refractivity contribution >= 4 is 156 Å². The summed E-state index contributed by atoms with van der Waals surface area (Å²) in [4.78, 5) is 52.7. The van der Waals surface area contributed by atoms with Crippen LogP contribution >= 0.6 is 89.9 Å². The molecule has 5 aliphatic heterocycles. The lowest BCUT2D eigenvalue weighted by molar-refractivity contribution is -0.139. The number of nitrogens with zero attached hydrogens (tertiary/aromatic N) is 4. The molecular weight excluding hydrogens is 1900 g/mol. The van der Waals surface area contributed by atoms with Crippen molar-refractivity contribution in [2.75, 3.05) is 86.6 Å². The van der Waals surface area contributed by atoms with Crippen molar-refractivity contribution in [2.45, 2.75) is 82.3 Å². The van der Waals surface area contributed by atoms with Crippen LogP contribution < -0.4 is 5.32 Å². The number of amides is 2. The topological polar surface area (TPSA) is 201 Å². The zero-order chi connectivity index (χ0) is 91.0. The van der Waals surface area contributed by atoms with Crippen molar-refractivity contribution in [1.82, 2.24) is 49.8 Å². The molecule has 12 heterocycles. The van der Waals surface area contributed by atoms with E-state index >= 15 is 0 Å². The van der Waals surface area contributed by atoms with E-state index in [1.807, 2.05) is 82.8 Å². The second-order valence-corrected chi connectivity index (χ2v) is 37.6. The number of aromatic amines is 5. The van der Waals surface area contributed by atoms with Crippen molar-refractivity contribution in [3.63, 3.8) is 0 Å². The molecule has 26 heteroatoms. The smallest absolute Gasteiger partial charge is 0.249 e. The van der Waals surface area contributed by atoms with Crippen molar-refractivity contribution in [3.8, 4) is 0 Å². The van der Waals surface area contributed by atoms with E-state index in [1.54, 1.807) is 44.9 Å². The average molecular weight is 2000 g/mol. The normalized spacial score (nSPS) is 17.0. The number of ether oxygens (including phenoxy) is 4. The van der Waals surface area contributed by atoms with E-state index in [-0.39, 0.29) is 61.1 Å². The standard InChI is InChI=1S/C23H25BrN2O3.C22H22BrClN2O3.2C22H19ClN2O.C17H13Cl2FN2/c1-15-3-5-16(6-4-15)23-22-18(19-13-17(24)7-8-20(19)25-22)9-10-26(23)21(27)14-29-12-11-28-2;1-28-9-10-29-13-20(27)26-8-7-17-18-12-15(23)5-6-19(18)25-21(17)22(26)14-3-2-4-16(24)11-14;23-16-8-9-19-18(13-16)17-10-11-25(14-15-5-2-1-3-6-15)22(21(17)24-19)20-7-4-12-26-20;23-17-6-7-20-19(12-17)18-8-10-25(13-15-4-2-1-3-5-15)22(21(18)24-20)16-9-11-26-14-16;18-9-1-3-12(14(19)7-9)16-17-11(5-6-21-16)13-8-10(20)2-4-15(13)22-17/h3-8,13,23,25H,9-12,14H2,1-2H3;2-6,11-12,22,25H,7-10,13H2,1H3;1-9,12-13,22,24H,10-11,14H2;1-7,9,11-12,14,22,24H,8,10,13H2;1-4,7-8,16,21-22H,5-6H2. The molecule has 5 aliphatic rings. The summed E-state index contributed by atoms with van der Waals surface area (Å²) in [7, 11) is 3.24. The molecule has 0 saturated carbocycles. The molecule has 6 N–H and O–H groups in total. The van der Waals surface area contributed by atoms with Crippen LogP contribution in [-0.2, 0) is 73.7 Å². The predicted molar refractivity (Wildman–Crippen MR) is 532 cm³/mol. The van der Waals surface area contributed by atoms with Gasteiger partial charge in [0.25, 0.3) is 0 Å². The van der Waals surface area contributed by atoms with E-state index in [0.29, 0.717) is 54.6 Å². The number of halogens is 8. The van der Waals surface area contributed by atoms with Gasteiger partial charge in [-0.1, -0.05) is 199 Å². The van der Waals surface area contributed by atoms with Gasteiger partial charge < -0.3 is 67.8 Å². The molecule has 10 aromatic carbocycles. The molecule has 0 spiro atoms. The average Bonchev–Trinajstić information content (AvgIpc) is 1.61. The van der Waals surface area contributed by atoms with Gasteiger partial charge >= 0.3 is 0 Å². The molecule has 0 saturated heterocycles. The van der Waals surface area contributed by atoms with Crippen LogP contribution in [0.5, 0.6) is 0 Å². The molecule has 0 fully saturated rings. The molecule has 18 nitrogen and oxygen atoms in total. The number of H-pyrrole nitrogens is 5. The minimum Gasteiger partial charge on any atom is -0.472 e. The monoisotopic (exact) mass is 1990 g/mol. The summed E-state index contributed by atoms with van der Waals surface area (Å²) < 4.78 is 47.9. The van der Waals surface area contributed by atoms with Gasteiger partial charge in [-0.05, 0) is 228 Å². The van der Waals surface area contributed by atoms with Gasteiger partial charge in [-0.15, -0.1) is 0 Å². The highest BCUT2D eigenvalue weighted by Crippen LogP contribution is 2.46. The molecule has 0 bridgehead atoms. The predicted octanol–water partition coefficient (Wildman–Crippen LogP) is 25.1. The number of carbonyl (C=O) groups excluding carboxylic acids is 2. The highest BCUT2D eigenvalue weighted by atomic mass is 79.9. The fourth-order valence-electron chi connectivity index (χ4n) is 19.3. The highest BCUT2D eigenvalue weighted by Gasteiger charge is 2.39. The molecule has 2 amide bonds. The molecule has 676 valence electrons. The summed E-state index contributed by atoms with van der Waals surface area (Å²) in [6, 6.07) is 78.3. The van der Waals surface area contributed by atoms with Crippen LogP contribution in [0.4, 0.5) is 4.39 Å². The maximum atomic E-state index is 13.5. The van der Waals surface area contributed by atoms with Crippen molar-refractivity contribution in [1.29, 1.82) is 0 Å². The Hall–Kier alpha value is -10.5. The van der Waals surface area contributed by atoms with Crippen LogP contribution in [0, 0.1) is 12.7 Å². The minimum atomic E-state index is -0.234. The Bertz CT molecular complexity index is 6740. The molecule has 22 rings (SSSR count). The zero-order valence-electron chi connectivity index (χ0n) is 72.9. The highest BCUT2D eigenvalue weighted by molar-refractivity contribution is 9.10. The maximum Gasteiger partial charge on any atom is 0.249 e. The van der Waals surface area contributed by atoms with Crippen molar-refractivity contribution < 1.29 is 41.8 Å². The SMILES string of the molecule is COCCOCC(=O)N1CCc2c([nH]c3ccc(Br)cc23)C1c1ccc(C)cc1.COCCOCC(=O)N1CCc2c([nH]c3ccc(Br)cc23)C1c1cccc(Cl)c1.Clc1ccc2[nH]c3c(c2c1)CCN(Cc1ccccc1)C3c1ccco1.Clc1ccc2[nH]c3c(c2c1)CCN(Cc1ccccc1)C3c1ccoc1.Fc1ccc2[nH]c3c(c2c1)CCNC3c1ccc(Cl)cc1Cl. The van der Waals surface area contributed by atoms with Gasteiger partial charge in [-0.2, -0.15) is 0 Å². The Balaban J connectivity index is 0.000000111. The first-order valence-electron chi connectivity index (χ1n) is 44.2. The number of aryl methyl sites for hydroxylation is 1. The number of hydrogen-bond donors (Lipinski definition) is 6. The van der Waals surface area contributed by atoms with Crippen LogP contribution in [0.3, 0.4) is 0 Å². The Morgan fingerprint density at radius 3 is 1.42 bits per heavy atom. The van der Waals surface area contributed by atoms with E-state index in [9.17, 15) is 14.0 Å². The number of benzene rings is 10. The molecule has 7 aromatic heterocycles. The van der Waals surface area contributed by atoms with Gasteiger partial charge in [0.1, 0.15) is 30.8 Å². The van der Waals surface area contributed by atoms with E-state index in [0.717, 1.165) is 162 Å². The first-order chi connectivity index (χ1) is 64.4. The van der Waals surface area contributed by atoms with Crippen LogP contribution in [0.25, 0.3) is 54.5 Å². The summed E-state index contributed by atoms with van der Waals surface area (Å²) in [6.45, 7) is 9.80. The van der Waals surface area contributed by atoms with Gasteiger partial charge in [0.2, 0.25) is 11.8 Å². The summed E-state index contributed by atoms with van der Waals surface area (Å²) in [5.41, 5.74) is 25.6. The number of fused-ring (bicyclic) bond motifs is 15. The number of nitrogens with one attached hydrogen (secondary N) is 6. The third-order valence-electron chi connectivity index (χ3n) is 25.4. The largest absolute Gasteiger partial charge is 0.472 e. The number of rotatable bonds is 19. The fraction of sp³-hybridized carbons (Fsp3) is 0.245. The van der Waals surface area contributed by atoms with E-state index in [1.165, 1.54) is 83.5 Å². The second kappa shape index (κ2) is 41.9. The van der Waals surface area contributed by atoms with Gasteiger partial charge in [0, 0.05) is 183 Å². The summed E-state index contributed by atoms with van der Waals surface area (Å²) in [5, 5.41) is 12.7. The van der Waals surface area contributed by atoms with Gasteiger partial charge in [0.05, 0.1) is 69.4 Å². The Morgan fingerprint density at radius 2 is 0.894 bits per heavy atom. The first kappa shape index (κ1) is 91.9. The van der Waals surface area contributed by atoms with Gasteiger partial charge in [-0.3, -0.25) is 19.4 Å². The van der Waals surface area contributed by atoms with Crippen molar-refractivity contribution in [3.05, 3.63) is 396 Å². The maximum absolute atomic E-state index is 13.5. The lowest BCUT2D eigenvalue weighted by atomic mass is 9.92. The third kappa shape index (κ3) is 20.3. The van der Waals surface area contributed by atoms with Gasteiger partial charge in [0.15, 0.2) is 0 Å². The Kier molecular flexibility index (Phi) is 29.2. The number of hydrogen-bond acceptors (Lipinski definition) is 11. The van der Waals surface area contributed by atoms with Crippen LogP contribution in [-0.4, -0.2) is 143 Å². The van der Waals surface area contributed by atoms with Crippen LogP contribution in [0.15, 0.2) is 273 Å². The number of aromatic nitrogens is 5. The Morgan fingerprint density at radius 1 is 0.424 bits per heavy atom. The zero-order valence-corrected chi connectivity index (χ0v) is 79.9. The second-order valence-electron chi connectivity index (χ2n) is 33.7. The fourth-order valence-corrected chi connectivity index (χ4v) is 21.1. The van der Waals surface area contributed by atoms with Crippen molar-refractivity contribution in [2.24, 2.45) is 0 Å².